The molecule has 0 amide bonds. The lowest BCUT2D eigenvalue weighted by Crippen LogP contribution is -2.12. The van der Waals surface area contributed by atoms with Crippen molar-refractivity contribution in [3.8, 4) is 17.2 Å². The fourth-order valence-corrected chi connectivity index (χ4v) is 1.77. The monoisotopic (exact) mass is 276 g/mol. The van der Waals surface area contributed by atoms with Crippen molar-refractivity contribution in [2.45, 2.75) is 6.92 Å². The molecule has 0 aromatic heterocycles. The van der Waals surface area contributed by atoms with Crippen LogP contribution >= 0.6 is 0 Å². The summed E-state index contributed by atoms with van der Waals surface area (Å²) < 4.78 is 18.4. The highest BCUT2D eigenvalue weighted by molar-refractivity contribution is 5.99. The number of phenolic OH excluding ortho intramolecular Hbond substituents is 2. The van der Waals surface area contributed by atoms with E-state index in [1.807, 2.05) is 0 Å². The summed E-state index contributed by atoms with van der Waals surface area (Å²) in [4.78, 5) is 11.9. The van der Waals surface area contributed by atoms with Crippen LogP contribution in [0.15, 0.2) is 36.4 Å². The van der Waals surface area contributed by atoms with Crippen LogP contribution in [0.25, 0.3) is 0 Å². The first-order valence-electron chi connectivity index (χ1n) is 5.91. The van der Waals surface area contributed by atoms with Crippen molar-refractivity contribution >= 4 is 5.78 Å². The Morgan fingerprint density at radius 1 is 1.20 bits per heavy atom. The highest BCUT2D eigenvalue weighted by Gasteiger charge is 2.12. The number of aryl methyl sites for hydroxylation is 1. The third-order valence-corrected chi connectivity index (χ3v) is 2.67. The lowest BCUT2D eigenvalue weighted by molar-refractivity contribution is 0.0918. The van der Waals surface area contributed by atoms with Gasteiger partial charge in [-0.1, -0.05) is 0 Å². The van der Waals surface area contributed by atoms with E-state index in [9.17, 15) is 14.3 Å². The number of carbonyl (C=O) groups is 1. The molecule has 0 heterocycles. The summed E-state index contributed by atoms with van der Waals surface area (Å²) in [5, 5.41) is 18.7. The van der Waals surface area contributed by atoms with Crippen molar-refractivity contribution in [1.82, 2.24) is 0 Å². The molecule has 0 atom stereocenters. The Hall–Kier alpha value is -2.56. The summed E-state index contributed by atoms with van der Waals surface area (Å²) >= 11 is 0. The van der Waals surface area contributed by atoms with Crippen molar-refractivity contribution in [3.05, 3.63) is 53.3 Å². The van der Waals surface area contributed by atoms with Crippen LogP contribution in [0.1, 0.15) is 15.9 Å². The van der Waals surface area contributed by atoms with E-state index in [4.69, 9.17) is 9.84 Å². The summed E-state index contributed by atoms with van der Waals surface area (Å²) in [6.07, 6.45) is 0. The van der Waals surface area contributed by atoms with Gasteiger partial charge < -0.3 is 14.9 Å². The van der Waals surface area contributed by atoms with Gasteiger partial charge in [-0.25, -0.2) is 4.39 Å². The van der Waals surface area contributed by atoms with E-state index in [2.05, 4.69) is 0 Å². The molecule has 0 saturated carbocycles. The lowest BCUT2D eigenvalue weighted by Gasteiger charge is -2.08. The van der Waals surface area contributed by atoms with Crippen LogP contribution < -0.4 is 4.74 Å². The quantitative estimate of drug-likeness (QED) is 0.843. The number of ketones is 1. The fraction of sp³-hybridized carbons (Fsp3) is 0.133. The molecule has 0 fully saturated rings. The molecule has 0 aliphatic carbocycles. The highest BCUT2D eigenvalue weighted by Crippen LogP contribution is 2.23. The van der Waals surface area contributed by atoms with Crippen LogP contribution in [0.5, 0.6) is 17.2 Å². The number of ether oxygens (including phenoxy) is 1. The first kappa shape index (κ1) is 13.9. The molecule has 2 rings (SSSR count). The van der Waals surface area contributed by atoms with Gasteiger partial charge in [-0.2, -0.15) is 0 Å². The third kappa shape index (κ3) is 3.26. The van der Waals surface area contributed by atoms with Gasteiger partial charge in [0.15, 0.2) is 6.61 Å². The molecule has 104 valence electrons. The number of benzene rings is 2. The Bertz CT molecular complexity index is 632. The second-order valence-corrected chi connectivity index (χ2v) is 4.38. The van der Waals surface area contributed by atoms with Crippen molar-refractivity contribution in [3.63, 3.8) is 0 Å². The molecule has 0 saturated heterocycles. The van der Waals surface area contributed by atoms with Crippen LogP contribution in [0, 0.1) is 12.7 Å². The molecule has 2 aromatic carbocycles. The number of Topliss-reactive ketones (excluding diaryl/α,β-unsaturated/α-hetero) is 1. The summed E-state index contributed by atoms with van der Waals surface area (Å²) in [6, 6.07) is 7.79. The van der Waals surface area contributed by atoms with Gasteiger partial charge in [0.1, 0.15) is 23.1 Å². The molecule has 0 aliphatic rings. The van der Waals surface area contributed by atoms with E-state index < -0.39 is 11.6 Å². The Morgan fingerprint density at radius 2 is 1.95 bits per heavy atom. The lowest BCUT2D eigenvalue weighted by atomic mass is 10.1. The average molecular weight is 276 g/mol. The van der Waals surface area contributed by atoms with Gasteiger partial charge in [0, 0.05) is 12.1 Å². The largest absolute Gasteiger partial charge is 0.508 e. The number of halogens is 1. The molecule has 5 heteroatoms. The molecule has 0 unspecified atom stereocenters. The minimum Gasteiger partial charge on any atom is -0.508 e. The zero-order valence-corrected chi connectivity index (χ0v) is 10.8. The van der Waals surface area contributed by atoms with Crippen molar-refractivity contribution in [2.24, 2.45) is 0 Å². The van der Waals surface area contributed by atoms with Crippen molar-refractivity contribution in [2.75, 3.05) is 6.61 Å². The van der Waals surface area contributed by atoms with E-state index in [-0.39, 0.29) is 29.4 Å². The van der Waals surface area contributed by atoms with Crippen LogP contribution in [0.3, 0.4) is 0 Å². The smallest absolute Gasteiger partial charge is 0.203 e. The van der Waals surface area contributed by atoms with Crippen LogP contribution in [0.2, 0.25) is 0 Å². The van der Waals surface area contributed by atoms with E-state index in [0.717, 1.165) is 6.07 Å². The first-order chi connectivity index (χ1) is 9.45. The summed E-state index contributed by atoms with van der Waals surface area (Å²) in [7, 11) is 0. The molecule has 4 nitrogen and oxygen atoms in total. The maximum Gasteiger partial charge on any atom is 0.203 e. The van der Waals surface area contributed by atoms with Gasteiger partial charge in [0.05, 0.1) is 5.56 Å². The first-order valence-corrected chi connectivity index (χ1v) is 5.91. The van der Waals surface area contributed by atoms with Gasteiger partial charge >= 0.3 is 0 Å². The van der Waals surface area contributed by atoms with E-state index in [1.165, 1.54) is 24.3 Å². The predicted octanol–water partition coefficient (Wildman–Crippen LogP) is 2.81. The van der Waals surface area contributed by atoms with Crippen LogP contribution in [-0.4, -0.2) is 22.6 Å². The van der Waals surface area contributed by atoms with Crippen molar-refractivity contribution < 1.29 is 24.1 Å². The summed E-state index contributed by atoms with van der Waals surface area (Å²) in [5.41, 5.74) is 0.718. The summed E-state index contributed by atoms with van der Waals surface area (Å²) in [5.74, 6) is -1.13. The number of phenols is 2. The Balaban J connectivity index is 2.08. The zero-order valence-electron chi connectivity index (χ0n) is 10.8. The molecule has 20 heavy (non-hydrogen) atoms. The Labute approximate surface area is 115 Å². The van der Waals surface area contributed by atoms with Gasteiger partial charge in [-0.15, -0.1) is 0 Å². The summed E-state index contributed by atoms with van der Waals surface area (Å²) in [6.45, 7) is 1.38. The minimum absolute atomic E-state index is 0.0379. The van der Waals surface area contributed by atoms with Gasteiger partial charge in [0.2, 0.25) is 5.78 Å². The van der Waals surface area contributed by atoms with E-state index in [1.54, 1.807) is 13.0 Å². The molecule has 0 aliphatic heterocycles. The second kappa shape index (κ2) is 5.61. The Morgan fingerprint density at radius 3 is 2.60 bits per heavy atom. The second-order valence-electron chi connectivity index (χ2n) is 4.38. The molecule has 0 spiro atoms. The number of aromatic hydroxyl groups is 2. The minimum atomic E-state index is -0.468. The molecule has 2 aromatic rings. The van der Waals surface area contributed by atoms with E-state index >= 15 is 0 Å². The molecular formula is C15H13FO4. The van der Waals surface area contributed by atoms with Crippen LogP contribution in [-0.2, 0) is 0 Å². The average Bonchev–Trinajstić information content (AvgIpc) is 2.35. The molecule has 0 radical (unpaired) electrons. The molecule has 2 N–H and O–H groups in total. The standard InChI is InChI=1S/C15H13FO4/c1-9-4-10(16)6-12(5-9)20-8-15(19)13-3-2-11(17)7-14(13)18/h2-7,17-18H,8H2,1H3. The Kier molecular flexibility index (Phi) is 3.89. The third-order valence-electron chi connectivity index (χ3n) is 2.67. The topological polar surface area (TPSA) is 66.8 Å². The van der Waals surface area contributed by atoms with Crippen molar-refractivity contribution in [1.29, 1.82) is 0 Å². The van der Waals surface area contributed by atoms with Gasteiger partial charge in [0.25, 0.3) is 0 Å². The van der Waals surface area contributed by atoms with E-state index in [0.29, 0.717) is 5.56 Å². The molecule has 0 bridgehead atoms. The van der Waals surface area contributed by atoms with Gasteiger partial charge in [-0.05, 0) is 36.8 Å². The maximum atomic E-state index is 13.2. The fourth-order valence-electron chi connectivity index (χ4n) is 1.77. The number of hydrogen-bond acceptors (Lipinski definition) is 4. The number of rotatable bonds is 4. The number of hydrogen-bond donors (Lipinski definition) is 2. The van der Waals surface area contributed by atoms with Gasteiger partial charge in [-0.3, -0.25) is 4.79 Å². The maximum absolute atomic E-state index is 13.2. The zero-order chi connectivity index (χ0) is 14.7. The normalized spacial score (nSPS) is 10.3. The highest BCUT2D eigenvalue weighted by atomic mass is 19.1. The van der Waals surface area contributed by atoms with Crippen LogP contribution in [0.4, 0.5) is 4.39 Å². The SMILES string of the molecule is Cc1cc(F)cc(OCC(=O)c2ccc(O)cc2O)c1. The molecular weight excluding hydrogens is 263 g/mol. The number of carbonyl (C=O) groups excluding carboxylic acids is 1. The predicted molar refractivity (Wildman–Crippen MR) is 70.7 cm³/mol.